The molecule has 0 aromatic heterocycles. The molecule has 0 atom stereocenters. The van der Waals surface area contributed by atoms with Crippen molar-refractivity contribution in [2.24, 2.45) is 0 Å². The van der Waals surface area contributed by atoms with Crippen molar-refractivity contribution in [1.82, 2.24) is 10.6 Å². The molecule has 2 N–H and O–H groups in total. The lowest BCUT2D eigenvalue weighted by atomic mass is 10.4. The summed E-state index contributed by atoms with van der Waals surface area (Å²) in [6.45, 7) is 0. The van der Waals surface area contributed by atoms with E-state index in [9.17, 15) is 9.59 Å². The molecule has 4 heteroatoms. The fourth-order valence-corrected chi connectivity index (χ4v) is 0.318. The molecule has 0 aliphatic rings. The fraction of sp³-hybridized carbons (Fsp3) is 0.333. The average Bonchev–Trinajstić information content (AvgIpc) is 1.99. The third kappa shape index (κ3) is 3.65. The van der Waals surface area contributed by atoms with E-state index in [1.165, 1.54) is 26.2 Å². The largest absolute Gasteiger partial charge is 0.356 e. The molecule has 0 rings (SSSR count). The van der Waals surface area contributed by atoms with Crippen LogP contribution in [0.1, 0.15) is 0 Å². The second-order valence-corrected chi connectivity index (χ2v) is 1.56. The van der Waals surface area contributed by atoms with Gasteiger partial charge in [0.1, 0.15) is 0 Å². The number of likely N-dealkylation sites (N-methyl/N-ethyl adjacent to an activating group) is 2. The maximum absolute atomic E-state index is 10.5. The molecule has 0 spiro atoms. The minimum Gasteiger partial charge on any atom is -0.356 e. The molecule has 0 aromatic rings. The van der Waals surface area contributed by atoms with Crippen molar-refractivity contribution in [3.63, 3.8) is 0 Å². The lowest BCUT2D eigenvalue weighted by Gasteiger charge is -1.89. The van der Waals surface area contributed by atoms with Crippen molar-refractivity contribution >= 4 is 11.8 Å². The van der Waals surface area contributed by atoms with Gasteiger partial charge in [-0.3, -0.25) is 9.59 Å². The SMILES string of the molecule is CNC(=O)/C=C\C(=O)NC. The Morgan fingerprint density at radius 2 is 1.30 bits per heavy atom. The first-order valence-corrected chi connectivity index (χ1v) is 2.82. The molecule has 56 valence electrons. The maximum atomic E-state index is 10.5. The van der Waals surface area contributed by atoms with Gasteiger partial charge >= 0.3 is 0 Å². The van der Waals surface area contributed by atoms with Crippen LogP contribution in [0.15, 0.2) is 12.2 Å². The number of amides is 2. The lowest BCUT2D eigenvalue weighted by molar-refractivity contribution is -0.118. The summed E-state index contributed by atoms with van der Waals surface area (Å²) in [6.07, 6.45) is 2.33. The normalized spacial score (nSPS) is 9.40. The molecule has 0 saturated carbocycles. The minimum atomic E-state index is -0.288. The van der Waals surface area contributed by atoms with Crippen molar-refractivity contribution in [1.29, 1.82) is 0 Å². The molecule has 10 heavy (non-hydrogen) atoms. The average molecular weight is 142 g/mol. The highest BCUT2D eigenvalue weighted by atomic mass is 16.2. The molecule has 0 aromatic carbocycles. The zero-order valence-corrected chi connectivity index (χ0v) is 5.97. The van der Waals surface area contributed by atoms with Gasteiger partial charge in [-0.15, -0.1) is 0 Å². The molecule has 0 bridgehead atoms. The van der Waals surface area contributed by atoms with Gasteiger partial charge < -0.3 is 10.6 Å². The van der Waals surface area contributed by atoms with E-state index in [-0.39, 0.29) is 11.8 Å². The van der Waals surface area contributed by atoms with Gasteiger partial charge in [0.15, 0.2) is 0 Å². The van der Waals surface area contributed by atoms with Gasteiger partial charge in [0.25, 0.3) is 0 Å². The first-order valence-electron chi connectivity index (χ1n) is 2.82. The van der Waals surface area contributed by atoms with E-state index in [4.69, 9.17) is 0 Å². The number of carbonyl (C=O) groups is 2. The molecule has 0 heterocycles. The molecule has 4 nitrogen and oxygen atoms in total. The minimum absolute atomic E-state index is 0.288. The number of rotatable bonds is 2. The monoisotopic (exact) mass is 142 g/mol. The van der Waals surface area contributed by atoms with E-state index in [1.807, 2.05) is 0 Å². The molecule has 0 aliphatic heterocycles. The summed E-state index contributed by atoms with van der Waals surface area (Å²) in [6, 6.07) is 0. The summed E-state index contributed by atoms with van der Waals surface area (Å²) in [4.78, 5) is 20.9. The molecule has 0 saturated heterocycles. The highest BCUT2D eigenvalue weighted by molar-refractivity contribution is 5.96. The van der Waals surface area contributed by atoms with Crippen molar-refractivity contribution in [3.8, 4) is 0 Å². The van der Waals surface area contributed by atoms with Gasteiger partial charge in [0, 0.05) is 26.2 Å². The van der Waals surface area contributed by atoms with E-state index in [2.05, 4.69) is 10.6 Å². The van der Waals surface area contributed by atoms with Gasteiger partial charge in [0.2, 0.25) is 11.8 Å². The van der Waals surface area contributed by atoms with Crippen LogP contribution in [0.2, 0.25) is 0 Å². The first-order chi connectivity index (χ1) is 4.70. The smallest absolute Gasteiger partial charge is 0.243 e. The van der Waals surface area contributed by atoms with E-state index in [0.717, 1.165) is 0 Å². The summed E-state index contributed by atoms with van der Waals surface area (Å²) < 4.78 is 0. The number of nitrogens with one attached hydrogen (secondary N) is 2. The molecule has 0 radical (unpaired) electrons. The molecule has 0 unspecified atom stereocenters. The fourth-order valence-electron chi connectivity index (χ4n) is 0.318. The summed E-state index contributed by atoms with van der Waals surface area (Å²) >= 11 is 0. The van der Waals surface area contributed by atoms with E-state index in [0.29, 0.717) is 0 Å². The highest BCUT2D eigenvalue weighted by Gasteiger charge is 1.90. The van der Waals surface area contributed by atoms with Crippen LogP contribution in [0.4, 0.5) is 0 Å². The Morgan fingerprint density at radius 1 is 1.00 bits per heavy atom. The van der Waals surface area contributed by atoms with Crippen LogP contribution in [-0.2, 0) is 9.59 Å². The van der Waals surface area contributed by atoms with Gasteiger partial charge in [-0.1, -0.05) is 0 Å². The predicted octanol–water partition coefficient (Wildman–Crippen LogP) is -0.965. The van der Waals surface area contributed by atoms with Crippen LogP contribution in [-0.4, -0.2) is 25.9 Å². The maximum Gasteiger partial charge on any atom is 0.243 e. The Labute approximate surface area is 59.3 Å². The molecule has 0 aliphatic carbocycles. The van der Waals surface area contributed by atoms with Crippen LogP contribution < -0.4 is 10.6 Å². The van der Waals surface area contributed by atoms with Crippen LogP contribution in [0.25, 0.3) is 0 Å². The number of hydrogen-bond donors (Lipinski definition) is 2. The summed E-state index contributed by atoms with van der Waals surface area (Å²) in [5.74, 6) is -0.577. The van der Waals surface area contributed by atoms with Crippen LogP contribution in [0.3, 0.4) is 0 Å². The first kappa shape index (κ1) is 8.68. The Balaban J connectivity index is 3.75. The zero-order chi connectivity index (χ0) is 7.98. The topological polar surface area (TPSA) is 58.2 Å². The summed E-state index contributed by atoms with van der Waals surface area (Å²) in [5, 5.41) is 4.68. The Kier molecular flexibility index (Phi) is 3.95. The van der Waals surface area contributed by atoms with Crippen molar-refractivity contribution in [2.75, 3.05) is 14.1 Å². The molecule has 2 amide bonds. The van der Waals surface area contributed by atoms with Crippen molar-refractivity contribution in [2.45, 2.75) is 0 Å². The highest BCUT2D eigenvalue weighted by Crippen LogP contribution is 1.71. The summed E-state index contributed by atoms with van der Waals surface area (Å²) in [5.41, 5.74) is 0. The lowest BCUT2D eigenvalue weighted by Crippen LogP contribution is -2.18. The van der Waals surface area contributed by atoms with Crippen LogP contribution in [0.5, 0.6) is 0 Å². The Morgan fingerprint density at radius 3 is 1.50 bits per heavy atom. The van der Waals surface area contributed by atoms with Crippen LogP contribution in [0, 0.1) is 0 Å². The van der Waals surface area contributed by atoms with Crippen LogP contribution >= 0.6 is 0 Å². The Hall–Kier alpha value is -1.32. The standard InChI is InChI=1S/C6H10N2O2/c1-7-5(9)3-4-6(10)8-2/h3-4H,1-2H3,(H,7,9)(H,8,10)/b4-3-. The van der Waals surface area contributed by atoms with Gasteiger partial charge in [-0.25, -0.2) is 0 Å². The van der Waals surface area contributed by atoms with Gasteiger partial charge in [-0.05, 0) is 0 Å². The van der Waals surface area contributed by atoms with E-state index < -0.39 is 0 Å². The van der Waals surface area contributed by atoms with Crippen molar-refractivity contribution in [3.05, 3.63) is 12.2 Å². The zero-order valence-electron chi connectivity index (χ0n) is 5.97. The quantitative estimate of drug-likeness (QED) is 0.487. The second-order valence-electron chi connectivity index (χ2n) is 1.56. The predicted molar refractivity (Wildman–Crippen MR) is 37.3 cm³/mol. The Bertz CT molecular complexity index is 145. The second kappa shape index (κ2) is 4.55. The van der Waals surface area contributed by atoms with Gasteiger partial charge in [0.05, 0.1) is 0 Å². The number of carbonyl (C=O) groups excluding carboxylic acids is 2. The third-order valence-corrected chi connectivity index (χ3v) is 0.879. The third-order valence-electron chi connectivity index (χ3n) is 0.879. The number of hydrogen-bond acceptors (Lipinski definition) is 2. The molecular weight excluding hydrogens is 132 g/mol. The van der Waals surface area contributed by atoms with Gasteiger partial charge in [-0.2, -0.15) is 0 Å². The molecular formula is C6H10N2O2. The van der Waals surface area contributed by atoms with E-state index >= 15 is 0 Å². The van der Waals surface area contributed by atoms with Crippen molar-refractivity contribution < 1.29 is 9.59 Å². The molecule has 0 fully saturated rings. The summed E-state index contributed by atoms with van der Waals surface area (Å²) in [7, 11) is 2.99. The van der Waals surface area contributed by atoms with E-state index in [1.54, 1.807) is 0 Å².